The third-order valence-electron chi connectivity index (χ3n) is 2.84. The quantitative estimate of drug-likeness (QED) is 0.756. The van der Waals surface area contributed by atoms with Crippen molar-refractivity contribution in [2.75, 3.05) is 5.32 Å². The van der Waals surface area contributed by atoms with Crippen LogP contribution >= 0.6 is 11.6 Å². The summed E-state index contributed by atoms with van der Waals surface area (Å²) in [7, 11) is 0. The number of hydrogen-bond donors (Lipinski definition) is 1. The zero-order chi connectivity index (χ0) is 14.7. The molecule has 0 fully saturated rings. The Morgan fingerprint density at radius 3 is 2.62 bits per heavy atom. The molecule has 0 radical (unpaired) electrons. The number of benzene rings is 1. The molecular weight excluding hydrogens is 288 g/mol. The van der Waals surface area contributed by atoms with Gasteiger partial charge in [0.25, 0.3) is 5.91 Å². The van der Waals surface area contributed by atoms with E-state index in [2.05, 4.69) is 15.4 Å². The highest BCUT2D eigenvalue weighted by molar-refractivity contribution is 6.29. The number of para-hydroxylation sites is 1. The lowest BCUT2D eigenvalue weighted by Gasteiger charge is -2.02. The summed E-state index contributed by atoms with van der Waals surface area (Å²) in [4.78, 5) is 15.9. The molecule has 0 aliphatic rings. The van der Waals surface area contributed by atoms with Crippen LogP contribution < -0.4 is 5.32 Å². The molecule has 0 bridgehead atoms. The number of carbonyl (C=O) groups excluding carboxylic acids is 1. The highest BCUT2D eigenvalue weighted by Gasteiger charge is 2.08. The minimum Gasteiger partial charge on any atom is -0.305 e. The molecule has 2 aromatic heterocycles. The van der Waals surface area contributed by atoms with Gasteiger partial charge in [0.1, 0.15) is 5.15 Å². The molecule has 0 spiro atoms. The number of nitrogens with zero attached hydrogens (tertiary/aromatic N) is 3. The number of halogens is 1. The summed E-state index contributed by atoms with van der Waals surface area (Å²) in [6.07, 6.45) is 3.21. The van der Waals surface area contributed by atoms with Crippen LogP contribution in [0.4, 0.5) is 5.82 Å². The van der Waals surface area contributed by atoms with Crippen LogP contribution in [0.3, 0.4) is 0 Å². The molecule has 104 valence electrons. The van der Waals surface area contributed by atoms with E-state index in [1.807, 2.05) is 30.3 Å². The number of aromatic nitrogens is 3. The largest absolute Gasteiger partial charge is 0.305 e. The van der Waals surface area contributed by atoms with E-state index in [0.29, 0.717) is 16.5 Å². The third-order valence-corrected chi connectivity index (χ3v) is 3.06. The minimum absolute atomic E-state index is 0.280. The maximum atomic E-state index is 12.0. The first-order valence-corrected chi connectivity index (χ1v) is 6.64. The van der Waals surface area contributed by atoms with E-state index in [9.17, 15) is 4.79 Å². The van der Waals surface area contributed by atoms with E-state index in [1.54, 1.807) is 29.1 Å². The van der Waals surface area contributed by atoms with Gasteiger partial charge in [-0.15, -0.1) is 0 Å². The van der Waals surface area contributed by atoms with Crippen LogP contribution in [0.25, 0.3) is 5.69 Å². The number of pyridine rings is 1. The van der Waals surface area contributed by atoms with Crippen LogP contribution in [0.2, 0.25) is 5.15 Å². The second kappa shape index (κ2) is 5.76. The van der Waals surface area contributed by atoms with Gasteiger partial charge in [-0.05, 0) is 24.3 Å². The molecule has 1 amide bonds. The Kier molecular flexibility index (Phi) is 3.66. The maximum absolute atomic E-state index is 12.0. The first-order chi connectivity index (χ1) is 10.2. The lowest BCUT2D eigenvalue weighted by Crippen LogP contribution is -2.12. The van der Waals surface area contributed by atoms with Crippen molar-refractivity contribution in [3.8, 4) is 5.69 Å². The highest BCUT2D eigenvalue weighted by atomic mass is 35.5. The van der Waals surface area contributed by atoms with E-state index in [1.165, 1.54) is 6.20 Å². The predicted molar refractivity (Wildman–Crippen MR) is 80.8 cm³/mol. The van der Waals surface area contributed by atoms with Gasteiger partial charge in [0.2, 0.25) is 0 Å². The summed E-state index contributed by atoms with van der Waals surface area (Å²) in [5, 5.41) is 7.36. The number of amides is 1. The molecule has 5 nitrogen and oxygen atoms in total. The first-order valence-electron chi connectivity index (χ1n) is 6.26. The van der Waals surface area contributed by atoms with E-state index in [0.717, 1.165) is 5.69 Å². The summed E-state index contributed by atoms with van der Waals surface area (Å²) >= 11 is 5.69. The zero-order valence-corrected chi connectivity index (χ0v) is 11.7. The second-order valence-corrected chi connectivity index (χ2v) is 4.69. The van der Waals surface area contributed by atoms with E-state index < -0.39 is 0 Å². The van der Waals surface area contributed by atoms with Crippen molar-refractivity contribution in [3.05, 3.63) is 71.6 Å². The van der Waals surface area contributed by atoms with E-state index in [4.69, 9.17) is 11.6 Å². The SMILES string of the molecule is O=C(Nc1ccn(-c2ccccc2)n1)c1ccc(Cl)nc1. The van der Waals surface area contributed by atoms with Crippen molar-refractivity contribution in [2.24, 2.45) is 0 Å². The van der Waals surface area contributed by atoms with Crippen LogP contribution in [0.5, 0.6) is 0 Å². The van der Waals surface area contributed by atoms with Crippen LogP contribution in [-0.4, -0.2) is 20.7 Å². The van der Waals surface area contributed by atoms with Crippen molar-refractivity contribution >= 4 is 23.3 Å². The first kappa shape index (κ1) is 13.3. The van der Waals surface area contributed by atoms with Gasteiger partial charge in [-0.3, -0.25) is 4.79 Å². The van der Waals surface area contributed by atoms with Gasteiger partial charge < -0.3 is 5.32 Å². The number of rotatable bonds is 3. The molecule has 0 saturated carbocycles. The fraction of sp³-hybridized carbons (Fsp3) is 0. The summed E-state index contributed by atoms with van der Waals surface area (Å²) in [5.74, 6) is 0.191. The van der Waals surface area contributed by atoms with Gasteiger partial charge in [0.05, 0.1) is 11.3 Å². The molecule has 2 heterocycles. The molecule has 0 unspecified atom stereocenters. The number of hydrogen-bond acceptors (Lipinski definition) is 3. The molecular formula is C15H11ClN4O. The molecule has 1 aromatic carbocycles. The Hall–Kier alpha value is -2.66. The lowest BCUT2D eigenvalue weighted by molar-refractivity contribution is 0.102. The number of nitrogens with one attached hydrogen (secondary N) is 1. The highest BCUT2D eigenvalue weighted by Crippen LogP contribution is 2.11. The molecule has 21 heavy (non-hydrogen) atoms. The fourth-order valence-electron chi connectivity index (χ4n) is 1.81. The maximum Gasteiger partial charge on any atom is 0.258 e. The Balaban J connectivity index is 1.75. The van der Waals surface area contributed by atoms with Gasteiger partial charge in [-0.2, -0.15) is 5.10 Å². The second-order valence-electron chi connectivity index (χ2n) is 4.30. The molecule has 0 saturated heterocycles. The Labute approximate surface area is 126 Å². The summed E-state index contributed by atoms with van der Waals surface area (Å²) in [6.45, 7) is 0. The third kappa shape index (κ3) is 3.09. The molecule has 0 atom stereocenters. The lowest BCUT2D eigenvalue weighted by atomic mass is 10.3. The van der Waals surface area contributed by atoms with Crippen LogP contribution in [0.15, 0.2) is 60.9 Å². The van der Waals surface area contributed by atoms with Crippen molar-refractivity contribution in [1.29, 1.82) is 0 Å². The zero-order valence-electron chi connectivity index (χ0n) is 10.9. The van der Waals surface area contributed by atoms with Crippen molar-refractivity contribution in [3.63, 3.8) is 0 Å². The van der Waals surface area contributed by atoms with E-state index >= 15 is 0 Å². The topological polar surface area (TPSA) is 59.8 Å². The number of anilines is 1. The van der Waals surface area contributed by atoms with Gasteiger partial charge in [-0.1, -0.05) is 29.8 Å². The molecule has 0 aliphatic carbocycles. The van der Waals surface area contributed by atoms with Gasteiger partial charge in [-0.25, -0.2) is 9.67 Å². The van der Waals surface area contributed by atoms with E-state index in [-0.39, 0.29) is 5.91 Å². The molecule has 0 aliphatic heterocycles. The van der Waals surface area contributed by atoms with Gasteiger partial charge in [0.15, 0.2) is 5.82 Å². The monoisotopic (exact) mass is 298 g/mol. The predicted octanol–water partition coefficient (Wildman–Crippen LogP) is 3.17. The average Bonchev–Trinajstić information content (AvgIpc) is 2.97. The Morgan fingerprint density at radius 2 is 1.90 bits per heavy atom. The van der Waals surface area contributed by atoms with Crippen LogP contribution in [-0.2, 0) is 0 Å². The molecule has 3 rings (SSSR count). The Bertz CT molecular complexity index is 753. The van der Waals surface area contributed by atoms with Crippen LogP contribution in [0, 0.1) is 0 Å². The standard InChI is InChI=1S/C15H11ClN4O/c16-13-7-6-11(10-17-13)15(21)18-14-8-9-20(19-14)12-4-2-1-3-5-12/h1-10H,(H,18,19,21). The molecule has 1 N–H and O–H groups in total. The number of carbonyl (C=O) groups is 1. The normalized spacial score (nSPS) is 10.3. The van der Waals surface area contributed by atoms with Gasteiger partial charge >= 0.3 is 0 Å². The smallest absolute Gasteiger partial charge is 0.258 e. The minimum atomic E-state index is -0.280. The van der Waals surface area contributed by atoms with Gasteiger partial charge in [0, 0.05) is 18.5 Å². The fourth-order valence-corrected chi connectivity index (χ4v) is 1.93. The summed E-state index contributed by atoms with van der Waals surface area (Å²) in [5.41, 5.74) is 1.35. The van der Waals surface area contributed by atoms with Crippen molar-refractivity contribution in [2.45, 2.75) is 0 Å². The van der Waals surface area contributed by atoms with Crippen molar-refractivity contribution < 1.29 is 4.79 Å². The molecule has 6 heteroatoms. The average molecular weight is 299 g/mol. The summed E-state index contributed by atoms with van der Waals surface area (Å²) < 4.78 is 1.69. The van der Waals surface area contributed by atoms with Crippen molar-refractivity contribution in [1.82, 2.24) is 14.8 Å². The summed E-state index contributed by atoms with van der Waals surface area (Å²) in [6, 6.07) is 14.6. The Morgan fingerprint density at radius 1 is 1.10 bits per heavy atom. The molecule has 3 aromatic rings. The van der Waals surface area contributed by atoms with Crippen LogP contribution in [0.1, 0.15) is 10.4 Å².